The zero-order valence-electron chi connectivity index (χ0n) is 12.6. The Labute approximate surface area is 133 Å². The highest BCUT2D eigenvalue weighted by atomic mass is 32.2. The van der Waals surface area contributed by atoms with Crippen LogP contribution in [0.5, 0.6) is 0 Å². The number of hydrogen-bond donors (Lipinski definition) is 1. The molecule has 1 aromatic rings. The van der Waals surface area contributed by atoms with Crippen molar-refractivity contribution in [2.45, 2.75) is 19.4 Å². The number of benzene rings is 1. The minimum Gasteiger partial charge on any atom is -0.480 e. The van der Waals surface area contributed by atoms with E-state index in [1.165, 1.54) is 18.2 Å². The second-order valence-electron chi connectivity index (χ2n) is 5.74. The molecule has 0 bridgehead atoms. The molecule has 2 rings (SSSR count). The van der Waals surface area contributed by atoms with Crippen LogP contribution in [0.3, 0.4) is 0 Å². The fourth-order valence-corrected chi connectivity index (χ4v) is 4.11. The van der Waals surface area contributed by atoms with Crippen LogP contribution in [0.15, 0.2) is 24.3 Å². The third-order valence-corrected chi connectivity index (χ3v) is 5.48. The monoisotopic (exact) mass is 343 g/mol. The third-order valence-electron chi connectivity index (χ3n) is 3.85. The summed E-state index contributed by atoms with van der Waals surface area (Å²) < 4.78 is 36.4. The van der Waals surface area contributed by atoms with Gasteiger partial charge in [0.05, 0.1) is 11.5 Å². The average molecular weight is 343 g/mol. The fraction of sp³-hybridized carbons (Fsp3) is 0.467. The maximum atomic E-state index is 13.2. The van der Waals surface area contributed by atoms with Crippen LogP contribution in [0.25, 0.3) is 0 Å². The summed E-state index contributed by atoms with van der Waals surface area (Å²) in [5, 5.41) is 9.19. The van der Waals surface area contributed by atoms with Gasteiger partial charge in [-0.25, -0.2) is 17.6 Å². The first-order chi connectivity index (χ1) is 10.7. The number of hydrogen-bond acceptors (Lipinski definition) is 4. The van der Waals surface area contributed by atoms with Crippen LogP contribution in [0.2, 0.25) is 0 Å². The lowest BCUT2D eigenvalue weighted by molar-refractivity contribution is -0.150. The molecular weight excluding hydrogens is 325 g/mol. The van der Waals surface area contributed by atoms with Crippen LogP contribution in [0.4, 0.5) is 4.39 Å². The molecule has 1 amide bonds. The van der Waals surface area contributed by atoms with Gasteiger partial charge in [-0.3, -0.25) is 4.79 Å². The Bertz CT molecular complexity index is 718. The molecule has 0 saturated carbocycles. The number of sulfone groups is 1. The van der Waals surface area contributed by atoms with Gasteiger partial charge >= 0.3 is 5.97 Å². The van der Waals surface area contributed by atoms with Crippen LogP contribution in [-0.4, -0.2) is 54.4 Å². The SMILES string of the molecule is CC(Cc1cccc(F)c1)C(=O)N1CCS(=O)(=O)CC1C(=O)O. The van der Waals surface area contributed by atoms with E-state index < -0.39 is 45.2 Å². The molecule has 1 aliphatic rings. The highest BCUT2D eigenvalue weighted by molar-refractivity contribution is 7.91. The summed E-state index contributed by atoms with van der Waals surface area (Å²) in [7, 11) is -3.46. The molecular formula is C15H18FNO5S. The van der Waals surface area contributed by atoms with Crippen molar-refractivity contribution in [3.05, 3.63) is 35.6 Å². The van der Waals surface area contributed by atoms with Gasteiger partial charge in [0, 0.05) is 12.5 Å². The van der Waals surface area contributed by atoms with Gasteiger partial charge in [-0.15, -0.1) is 0 Å². The van der Waals surface area contributed by atoms with Gasteiger partial charge < -0.3 is 10.0 Å². The molecule has 1 N–H and O–H groups in total. The molecule has 1 heterocycles. The van der Waals surface area contributed by atoms with E-state index in [0.717, 1.165) is 4.90 Å². The highest BCUT2D eigenvalue weighted by Gasteiger charge is 2.39. The molecule has 0 spiro atoms. The van der Waals surface area contributed by atoms with Gasteiger partial charge in [0.1, 0.15) is 11.9 Å². The molecule has 1 fully saturated rings. The van der Waals surface area contributed by atoms with Crippen molar-refractivity contribution in [1.82, 2.24) is 4.90 Å². The highest BCUT2D eigenvalue weighted by Crippen LogP contribution is 2.18. The van der Waals surface area contributed by atoms with Crippen LogP contribution in [0, 0.1) is 11.7 Å². The number of carboxylic acid groups (broad SMARTS) is 1. The largest absolute Gasteiger partial charge is 0.480 e. The van der Waals surface area contributed by atoms with Gasteiger partial charge in [0.2, 0.25) is 5.91 Å². The fourth-order valence-electron chi connectivity index (χ4n) is 2.66. The predicted octanol–water partition coefficient (Wildman–Crippen LogP) is 0.714. The van der Waals surface area contributed by atoms with Crippen molar-refractivity contribution >= 4 is 21.7 Å². The minimum absolute atomic E-state index is 0.133. The predicted molar refractivity (Wildman–Crippen MR) is 81.1 cm³/mol. The van der Waals surface area contributed by atoms with Crippen molar-refractivity contribution in [1.29, 1.82) is 0 Å². The van der Waals surface area contributed by atoms with E-state index in [2.05, 4.69) is 0 Å². The molecule has 0 aromatic heterocycles. The Morgan fingerprint density at radius 2 is 2.13 bits per heavy atom. The van der Waals surface area contributed by atoms with Gasteiger partial charge in [-0.2, -0.15) is 0 Å². The summed E-state index contributed by atoms with van der Waals surface area (Å²) in [5.41, 5.74) is 0.627. The second-order valence-corrected chi connectivity index (χ2v) is 7.96. The Morgan fingerprint density at radius 1 is 1.43 bits per heavy atom. The number of rotatable bonds is 4. The summed E-state index contributed by atoms with van der Waals surface area (Å²) in [6, 6.07) is 4.47. The van der Waals surface area contributed by atoms with Crippen molar-refractivity contribution in [2.75, 3.05) is 18.1 Å². The first-order valence-electron chi connectivity index (χ1n) is 7.18. The third kappa shape index (κ3) is 4.28. The molecule has 2 atom stereocenters. The van der Waals surface area contributed by atoms with Gasteiger partial charge in [0.15, 0.2) is 9.84 Å². The number of halogens is 1. The summed E-state index contributed by atoms with van der Waals surface area (Å²) >= 11 is 0. The van der Waals surface area contributed by atoms with Gasteiger partial charge in [-0.05, 0) is 24.1 Å². The molecule has 8 heteroatoms. The van der Waals surface area contributed by atoms with E-state index >= 15 is 0 Å². The van der Waals surface area contributed by atoms with Gasteiger partial charge in [-0.1, -0.05) is 19.1 Å². The standard InChI is InChI=1S/C15H18FNO5S/c1-10(7-11-3-2-4-12(16)8-11)14(18)17-5-6-23(21,22)9-13(17)15(19)20/h2-4,8,10,13H,5-7,9H2,1H3,(H,19,20). The van der Waals surface area contributed by atoms with Crippen LogP contribution in [0.1, 0.15) is 12.5 Å². The zero-order chi connectivity index (χ0) is 17.2. The molecule has 1 aliphatic heterocycles. The lowest BCUT2D eigenvalue weighted by atomic mass is 9.99. The molecule has 23 heavy (non-hydrogen) atoms. The molecule has 1 saturated heterocycles. The summed E-state index contributed by atoms with van der Waals surface area (Å²) in [6.45, 7) is 1.49. The van der Waals surface area contributed by atoms with E-state index in [4.69, 9.17) is 0 Å². The van der Waals surface area contributed by atoms with E-state index in [0.29, 0.717) is 5.56 Å². The smallest absolute Gasteiger partial charge is 0.327 e. The van der Waals surface area contributed by atoms with Crippen molar-refractivity contribution in [2.24, 2.45) is 5.92 Å². The molecule has 0 radical (unpaired) electrons. The summed E-state index contributed by atoms with van der Waals surface area (Å²) in [5.74, 6) is -3.55. The summed E-state index contributed by atoms with van der Waals surface area (Å²) in [4.78, 5) is 24.9. The van der Waals surface area contributed by atoms with E-state index in [1.807, 2.05) is 0 Å². The lowest BCUT2D eigenvalue weighted by Crippen LogP contribution is -2.56. The Kier molecular flexibility index (Phi) is 5.03. The average Bonchev–Trinajstić information content (AvgIpc) is 2.45. The molecule has 0 aliphatic carbocycles. The Balaban J connectivity index is 2.13. The maximum absolute atomic E-state index is 13.2. The van der Waals surface area contributed by atoms with Crippen molar-refractivity contribution < 1.29 is 27.5 Å². The van der Waals surface area contributed by atoms with Crippen LogP contribution >= 0.6 is 0 Å². The number of nitrogens with zero attached hydrogens (tertiary/aromatic N) is 1. The van der Waals surface area contributed by atoms with E-state index in [1.54, 1.807) is 13.0 Å². The second kappa shape index (κ2) is 6.66. The van der Waals surface area contributed by atoms with Crippen molar-refractivity contribution in [3.63, 3.8) is 0 Å². The number of carbonyl (C=O) groups is 2. The first kappa shape index (κ1) is 17.4. The summed E-state index contributed by atoms with van der Waals surface area (Å²) in [6.07, 6.45) is 0.256. The molecule has 2 unspecified atom stereocenters. The molecule has 6 nitrogen and oxygen atoms in total. The Hall–Kier alpha value is -1.96. The van der Waals surface area contributed by atoms with Crippen molar-refractivity contribution in [3.8, 4) is 0 Å². The van der Waals surface area contributed by atoms with E-state index in [-0.39, 0.29) is 18.7 Å². The molecule has 1 aromatic carbocycles. The number of carbonyl (C=O) groups excluding carboxylic acids is 1. The number of amides is 1. The Morgan fingerprint density at radius 3 is 2.74 bits per heavy atom. The number of aliphatic carboxylic acids is 1. The zero-order valence-corrected chi connectivity index (χ0v) is 13.4. The van der Waals surface area contributed by atoms with E-state index in [9.17, 15) is 27.5 Å². The quantitative estimate of drug-likeness (QED) is 0.869. The normalized spacial score (nSPS) is 21.7. The topological polar surface area (TPSA) is 91.8 Å². The van der Waals surface area contributed by atoms with Crippen LogP contribution in [-0.2, 0) is 25.8 Å². The molecule has 126 valence electrons. The van der Waals surface area contributed by atoms with Gasteiger partial charge in [0.25, 0.3) is 0 Å². The van der Waals surface area contributed by atoms with Crippen LogP contribution < -0.4 is 0 Å². The maximum Gasteiger partial charge on any atom is 0.327 e. The first-order valence-corrected chi connectivity index (χ1v) is 9.00. The lowest BCUT2D eigenvalue weighted by Gasteiger charge is -2.34. The minimum atomic E-state index is -3.46. The number of carboxylic acids is 1.